The van der Waals surface area contributed by atoms with Gasteiger partial charge in [0.05, 0.1) is 0 Å². The van der Waals surface area contributed by atoms with Crippen LogP contribution in [-0.4, -0.2) is 5.78 Å². The maximum atomic E-state index is 12.3. The second kappa shape index (κ2) is 10.8. The highest BCUT2D eigenvalue weighted by Crippen LogP contribution is 2.23. The minimum atomic E-state index is 0.348. The average molecular weight is 240 g/mol. The van der Waals surface area contributed by atoms with Gasteiger partial charge in [-0.2, -0.15) is 0 Å². The maximum absolute atomic E-state index is 12.3. The van der Waals surface area contributed by atoms with Crippen molar-refractivity contribution in [3.05, 3.63) is 0 Å². The minimum absolute atomic E-state index is 0.348. The Morgan fingerprint density at radius 1 is 0.882 bits per heavy atom. The Labute approximate surface area is 108 Å². The highest BCUT2D eigenvalue weighted by atomic mass is 16.1. The summed E-state index contributed by atoms with van der Waals surface area (Å²) in [7, 11) is 0. The Hall–Kier alpha value is -0.330. The van der Waals surface area contributed by atoms with Gasteiger partial charge in [0.1, 0.15) is 5.78 Å². The fraction of sp³-hybridized carbons (Fsp3) is 0.938. The molecule has 0 rings (SSSR count). The quantitative estimate of drug-likeness (QED) is 0.474. The van der Waals surface area contributed by atoms with Crippen molar-refractivity contribution in [2.24, 2.45) is 11.8 Å². The Morgan fingerprint density at radius 2 is 1.47 bits per heavy atom. The Bertz CT molecular complexity index is 180. The van der Waals surface area contributed by atoms with E-state index in [0.29, 0.717) is 17.6 Å². The highest BCUT2D eigenvalue weighted by molar-refractivity contribution is 5.81. The summed E-state index contributed by atoms with van der Waals surface area (Å²) in [4.78, 5) is 12.3. The number of Topliss-reactive ketones (excluding diaryl/α,β-unsaturated/α-hetero) is 1. The summed E-state index contributed by atoms with van der Waals surface area (Å²) in [6.07, 6.45) is 10.2. The molecule has 0 radical (unpaired) electrons. The molecule has 0 heterocycles. The molecule has 0 aliphatic heterocycles. The van der Waals surface area contributed by atoms with Crippen LogP contribution in [0.4, 0.5) is 0 Å². The summed E-state index contributed by atoms with van der Waals surface area (Å²) in [6.45, 7) is 8.82. The molecule has 0 amide bonds. The summed E-state index contributed by atoms with van der Waals surface area (Å²) in [5.74, 6) is 1.52. The lowest BCUT2D eigenvalue weighted by Gasteiger charge is -2.18. The first-order chi connectivity index (χ1) is 8.19. The van der Waals surface area contributed by atoms with Crippen molar-refractivity contribution >= 4 is 5.78 Å². The standard InChI is InChI=1S/C16H32O/c1-5-9-12-14(8-4)13-16(17)15(10-6-2)11-7-3/h14-15H,5-13H2,1-4H3. The van der Waals surface area contributed by atoms with Crippen LogP contribution in [0.25, 0.3) is 0 Å². The first-order valence-corrected chi connectivity index (χ1v) is 7.72. The van der Waals surface area contributed by atoms with Gasteiger partial charge in [0.25, 0.3) is 0 Å². The fourth-order valence-corrected chi connectivity index (χ4v) is 2.56. The van der Waals surface area contributed by atoms with Gasteiger partial charge in [-0.3, -0.25) is 4.79 Å². The molecular weight excluding hydrogens is 208 g/mol. The van der Waals surface area contributed by atoms with E-state index in [1.54, 1.807) is 0 Å². The van der Waals surface area contributed by atoms with E-state index in [-0.39, 0.29) is 0 Å². The molecule has 102 valence electrons. The number of ketones is 1. The molecule has 0 saturated carbocycles. The van der Waals surface area contributed by atoms with E-state index >= 15 is 0 Å². The molecule has 1 atom stereocenters. The molecule has 0 fully saturated rings. The number of carbonyl (C=O) groups excluding carboxylic acids is 1. The van der Waals surface area contributed by atoms with Crippen LogP contribution >= 0.6 is 0 Å². The summed E-state index contributed by atoms with van der Waals surface area (Å²) in [5, 5.41) is 0. The van der Waals surface area contributed by atoms with Crippen LogP contribution in [0.15, 0.2) is 0 Å². The number of hydrogen-bond acceptors (Lipinski definition) is 1. The van der Waals surface area contributed by atoms with Gasteiger partial charge in [0.2, 0.25) is 0 Å². The van der Waals surface area contributed by atoms with Gasteiger partial charge >= 0.3 is 0 Å². The van der Waals surface area contributed by atoms with Crippen LogP contribution in [0.1, 0.15) is 85.5 Å². The maximum Gasteiger partial charge on any atom is 0.136 e. The summed E-state index contributed by atoms with van der Waals surface area (Å²) < 4.78 is 0. The van der Waals surface area contributed by atoms with Gasteiger partial charge in [0, 0.05) is 12.3 Å². The van der Waals surface area contributed by atoms with Crippen molar-refractivity contribution in [2.45, 2.75) is 85.5 Å². The number of carbonyl (C=O) groups is 1. The van der Waals surface area contributed by atoms with Gasteiger partial charge in [-0.1, -0.05) is 66.2 Å². The SMILES string of the molecule is CCCCC(CC)CC(=O)C(CCC)CCC. The zero-order valence-corrected chi connectivity index (χ0v) is 12.4. The van der Waals surface area contributed by atoms with Crippen LogP contribution in [0, 0.1) is 11.8 Å². The predicted molar refractivity (Wildman–Crippen MR) is 76.2 cm³/mol. The zero-order chi connectivity index (χ0) is 13.1. The number of rotatable bonds is 11. The van der Waals surface area contributed by atoms with E-state index in [1.807, 2.05) is 0 Å². The molecule has 0 bridgehead atoms. The summed E-state index contributed by atoms with van der Waals surface area (Å²) in [5.41, 5.74) is 0. The third-order valence-electron chi connectivity index (χ3n) is 3.76. The molecule has 1 nitrogen and oxygen atoms in total. The van der Waals surface area contributed by atoms with E-state index in [9.17, 15) is 4.79 Å². The van der Waals surface area contributed by atoms with Crippen LogP contribution < -0.4 is 0 Å². The molecule has 0 saturated heterocycles. The average Bonchev–Trinajstić information content (AvgIpc) is 2.33. The Kier molecular flexibility index (Phi) is 10.6. The lowest BCUT2D eigenvalue weighted by atomic mass is 9.85. The van der Waals surface area contributed by atoms with E-state index in [1.165, 1.54) is 19.3 Å². The normalized spacial score (nSPS) is 13.0. The van der Waals surface area contributed by atoms with E-state index in [2.05, 4.69) is 27.7 Å². The van der Waals surface area contributed by atoms with Crippen molar-refractivity contribution in [2.75, 3.05) is 0 Å². The molecule has 0 aromatic heterocycles. The summed E-state index contributed by atoms with van der Waals surface area (Å²) in [6, 6.07) is 0. The fourth-order valence-electron chi connectivity index (χ4n) is 2.56. The van der Waals surface area contributed by atoms with Gasteiger partial charge < -0.3 is 0 Å². The largest absolute Gasteiger partial charge is 0.299 e. The van der Waals surface area contributed by atoms with Crippen LogP contribution in [-0.2, 0) is 4.79 Å². The molecule has 1 unspecified atom stereocenters. The molecule has 0 spiro atoms. The van der Waals surface area contributed by atoms with Gasteiger partial charge in [-0.25, -0.2) is 0 Å². The molecule has 0 aromatic rings. The second-order valence-corrected chi connectivity index (χ2v) is 5.36. The smallest absolute Gasteiger partial charge is 0.136 e. The topological polar surface area (TPSA) is 17.1 Å². The first-order valence-electron chi connectivity index (χ1n) is 7.72. The zero-order valence-electron chi connectivity index (χ0n) is 12.4. The van der Waals surface area contributed by atoms with Crippen LogP contribution in [0.3, 0.4) is 0 Å². The van der Waals surface area contributed by atoms with Gasteiger partial charge in [-0.15, -0.1) is 0 Å². The van der Waals surface area contributed by atoms with Crippen molar-refractivity contribution in [3.8, 4) is 0 Å². The molecule has 1 heteroatoms. The second-order valence-electron chi connectivity index (χ2n) is 5.36. The third kappa shape index (κ3) is 7.57. The molecule has 0 aliphatic rings. The Morgan fingerprint density at radius 3 is 1.88 bits per heavy atom. The molecule has 0 aromatic carbocycles. The van der Waals surface area contributed by atoms with Crippen molar-refractivity contribution in [3.63, 3.8) is 0 Å². The molecule has 0 aliphatic carbocycles. The number of hydrogen-bond donors (Lipinski definition) is 0. The first kappa shape index (κ1) is 16.7. The molecule has 17 heavy (non-hydrogen) atoms. The third-order valence-corrected chi connectivity index (χ3v) is 3.76. The lowest BCUT2D eigenvalue weighted by molar-refractivity contribution is -0.124. The van der Waals surface area contributed by atoms with Gasteiger partial charge in [-0.05, 0) is 18.8 Å². The van der Waals surface area contributed by atoms with Crippen molar-refractivity contribution in [1.29, 1.82) is 0 Å². The van der Waals surface area contributed by atoms with Crippen LogP contribution in [0.5, 0.6) is 0 Å². The lowest BCUT2D eigenvalue weighted by Crippen LogP contribution is -2.18. The minimum Gasteiger partial charge on any atom is -0.299 e. The van der Waals surface area contributed by atoms with Crippen molar-refractivity contribution in [1.82, 2.24) is 0 Å². The molecular formula is C16H32O. The highest BCUT2D eigenvalue weighted by Gasteiger charge is 2.19. The van der Waals surface area contributed by atoms with E-state index in [0.717, 1.165) is 38.5 Å². The van der Waals surface area contributed by atoms with Gasteiger partial charge in [0.15, 0.2) is 0 Å². The molecule has 0 N–H and O–H groups in total. The monoisotopic (exact) mass is 240 g/mol. The van der Waals surface area contributed by atoms with E-state index < -0.39 is 0 Å². The Balaban J connectivity index is 4.14. The number of unbranched alkanes of at least 4 members (excludes halogenated alkanes) is 1. The summed E-state index contributed by atoms with van der Waals surface area (Å²) >= 11 is 0. The van der Waals surface area contributed by atoms with Crippen molar-refractivity contribution < 1.29 is 4.79 Å². The predicted octanol–water partition coefficient (Wildman–Crippen LogP) is 5.38. The van der Waals surface area contributed by atoms with E-state index in [4.69, 9.17) is 0 Å². The van der Waals surface area contributed by atoms with Crippen LogP contribution in [0.2, 0.25) is 0 Å².